The van der Waals surface area contributed by atoms with Crippen LogP contribution in [0.1, 0.15) is 52.5 Å². The third kappa shape index (κ3) is 5.93. The van der Waals surface area contributed by atoms with Crippen LogP contribution < -0.4 is 10.1 Å². The monoisotopic (exact) mass is 321 g/mol. The molecule has 0 aliphatic heterocycles. The molecular weight excluding hydrogens is 294 g/mol. The lowest BCUT2D eigenvalue weighted by Crippen LogP contribution is -2.49. The van der Waals surface area contributed by atoms with Gasteiger partial charge in [-0.2, -0.15) is 0 Å². The van der Waals surface area contributed by atoms with Gasteiger partial charge in [0.1, 0.15) is 5.75 Å². The molecule has 5 nitrogen and oxygen atoms in total. The Hall–Kier alpha value is -2.04. The third-order valence-electron chi connectivity index (χ3n) is 3.93. The predicted molar refractivity (Wildman–Crippen MR) is 89.6 cm³/mol. The van der Waals surface area contributed by atoms with Gasteiger partial charge < -0.3 is 15.2 Å². The van der Waals surface area contributed by atoms with Crippen molar-refractivity contribution in [1.29, 1.82) is 0 Å². The topological polar surface area (TPSA) is 75.6 Å². The molecule has 0 saturated heterocycles. The van der Waals surface area contributed by atoms with E-state index in [9.17, 15) is 9.59 Å². The Bertz CT molecular complexity index is 536. The molecule has 23 heavy (non-hydrogen) atoms. The molecule has 0 bridgehead atoms. The van der Waals surface area contributed by atoms with E-state index in [1.165, 1.54) is 0 Å². The molecule has 0 fully saturated rings. The zero-order valence-corrected chi connectivity index (χ0v) is 14.4. The first-order valence-electron chi connectivity index (χ1n) is 8.09. The van der Waals surface area contributed by atoms with Gasteiger partial charge in [-0.15, -0.1) is 0 Å². The van der Waals surface area contributed by atoms with Crippen molar-refractivity contribution in [3.05, 3.63) is 29.8 Å². The Kier molecular flexibility index (Phi) is 7.07. The minimum absolute atomic E-state index is 0.0246. The highest BCUT2D eigenvalue weighted by molar-refractivity contribution is 5.81. The summed E-state index contributed by atoms with van der Waals surface area (Å²) in [6, 6.07) is 7.42. The molecular formula is C18H27NO4. The second kappa shape index (κ2) is 8.56. The molecule has 0 unspecified atom stereocenters. The molecule has 0 aliphatic rings. The van der Waals surface area contributed by atoms with Crippen LogP contribution in [0, 0.1) is 0 Å². The van der Waals surface area contributed by atoms with E-state index in [2.05, 4.69) is 5.32 Å². The summed E-state index contributed by atoms with van der Waals surface area (Å²) < 4.78 is 5.72. The Morgan fingerprint density at radius 2 is 1.83 bits per heavy atom. The molecule has 1 amide bonds. The second-order valence-electron chi connectivity index (χ2n) is 6.06. The third-order valence-corrected chi connectivity index (χ3v) is 3.93. The van der Waals surface area contributed by atoms with E-state index in [0.29, 0.717) is 18.6 Å². The molecule has 1 aromatic rings. The van der Waals surface area contributed by atoms with E-state index >= 15 is 0 Å². The van der Waals surface area contributed by atoms with Crippen LogP contribution in [0.5, 0.6) is 5.75 Å². The van der Waals surface area contributed by atoms with Gasteiger partial charge in [0, 0.05) is 11.1 Å². The predicted octanol–water partition coefficient (Wildman–Crippen LogP) is 3.17. The maximum Gasteiger partial charge on any atom is 0.305 e. The number of carboxylic acids is 1. The molecule has 0 aliphatic carbocycles. The summed E-state index contributed by atoms with van der Waals surface area (Å²) in [5.74, 6) is -0.401. The fourth-order valence-corrected chi connectivity index (χ4v) is 2.54. The summed E-state index contributed by atoms with van der Waals surface area (Å²) in [4.78, 5) is 23.5. The van der Waals surface area contributed by atoms with E-state index < -0.39 is 11.5 Å². The largest absolute Gasteiger partial charge is 0.491 e. The van der Waals surface area contributed by atoms with Gasteiger partial charge in [0.05, 0.1) is 18.9 Å². The highest BCUT2D eigenvalue weighted by Crippen LogP contribution is 2.23. The number of hydrogen-bond donors (Lipinski definition) is 2. The minimum Gasteiger partial charge on any atom is -0.491 e. The second-order valence-corrected chi connectivity index (χ2v) is 6.06. The summed E-state index contributed by atoms with van der Waals surface area (Å²) >= 11 is 0. The summed E-state index contributed by atoms with van der Waals surface area (Å²) in [5.41, 5.74) is 0.103. The number of carboxylic acid groups (broad SMARTS) is 1. The SMILES string of the molecule is CCC(CC)(CC(=O)O)NC(=O)Cc1ccccc1OC(C)C. The average molecular weight is 321 g/mol. The van der Waals surface area contributed by atoms with Crippen LogP contribution in [0.3, 0.4) is 0 Å². The first-order valence-corrected chi connectivity index (χ1v) is 8.09. The molecule has 0 radical (unpaired) electrons. The molecule has 0 heterocycles. The van der Waals surface area contributed by atoms with Gasteiger partial charge in [-0.05, 0) is 32.8 Å². The van der Waals surface area contributed by atoms with Crippen LogP contribution >= 0.6 is 0 Å². The standard InChI is InChI=1S/C18H27NO4/c1-5-18(6-2,12-17(21)22)19-16(20)11-14-9-7-8-10-15(14)23-13(3)4/h7-10,13H,5-6,11-12H2,1-4H3,(H,19,20)(H,21,22). The van der Waals surface area contributed by atoms with Gasteiger partial charge in [0.15, 0.2) is 0 Å². The highest BCUT2D eigenvalue weighted by Gasteiger charge is 2.31. The normalized spacial score (nSPS) is 11.3. The zero-order chi connectivity index (χ0) is 17.5. The van der Waals surface area contributed by atoms with Crippen molar-refractivity contribution in [3.8, 4) is 5.75 Å². The fraction of sp³-hybridized carbons (Fsp3) is 0.556. The van der Waals surface area contributed by atoms with Crippen molar-refractivity contribution in [3.63, 3.8) is 0 Å². The van der Waals surface area contributed by atoms with Gasteiger partial charge in [-0.25, -0.2) is 0 Å². The van der Waals surface area contributed by atoms with Gasteiger partial charge in [0.2, 0.25) is 5.91 Å². The van der Waals surface area contributed by atoms with Gasteiger partial charge in [0.25, 0.3) is 0 Å². The summed E-state index contributed by atoms with van der Waals surface area (Å²) in [7, 11) is 0. The average Bonchev–Trinajstić information content (AvgIpc) is 2.47. The van der Waals surface area contributed by atoms with Crippen LogP contribution in [0.25, 0.3) is 0 Å². The van der Waals surface area contributed by atoms with Crippen LogP contribution in [0.2, 0.25) is 0 Å². The maximum absolute atomic E-state index is 12.4. The Morgan fingerprint density at radius 1 is 1.22 bits per heavy atom. The number of amides is 1. The molecule has 1 rings (SSSR count). The van der Waals surface area contributed by atoms with E-state index in [1.807, 2.05) is 52.0 Å². The van der Waals surface area contributed by atoms with Crippen LogP contribution in [0.15, 0.2) is 24.3 Å². The number of benzene rings is 1. The zero-order valence-electron chi connectivity index (χ0n) is 14.4. The first kappa shape index (κ1) is 19.0. The molecule has 0 spiro atoms. The number of carbonyl (C=O) groups excluding carboxylic acids is 1. The van der Waals surface area contributed by atoms with Crippen LogP contribution in [-0.2, 0) is 16.0 Å². The number of nitrogens with one attached hydrogen (secondary N) is 1. The number of rotatable bonds is 9. The molecule has 2 N–H and O–H groups in total. The smallest absolute Gasteiger partial charge is 0.305 e. The number of para-hydroxylation sites is 1. The van der Waals surface area contributed by atoms with Crippen LogP contribution in [-0.4, -0.2) is 28.6 Å². The van der Waals surface area contributed by atoms with Crippen molar-refractivity contribution < 1.29 is 19.4 Å². The minimum atomic E-state index is -0.905. The van der Waals surface area contributed by atoms with Crippen molar-refractivity contribution in [2.75, 3.05) is 0 Å². The fourth-order valence-electron chi connectivity index (χ4n) is 2.54. The molecule has 0 aromatic heterocycles. The van der Waals surface area contributed by atoms with Gasteiger partial charge in [-0.3, -0.25) is 9.59 Å². The quantitative estimate of drug-likeness (QED) is 0.732. The number of aliphatic carboxylic acids is 1. The lowest BCUT2D eigenvalue weighted by atomic mass is 9.88. The number of hydrogen-bond acceptors (Lipinski definition) is 3. The summed E-state index contributed by atoms with van der Waals surface area (Å²) in [6.07, 6.45) is 1.27. The molecule has 128 valence electrons. The van der Waals surface area contributed by atoms with Gasteiger partial charge >= 0.3 is 5.97 Å². The number of carbonyl (C=O) groups is 2. The summed E-state index contributed by atoms with van der Waals surface area (Å²) in [5, 5.41) is 12.0. The Balaban J connectivity index is 2.85. The molecule has 1 aromatic carbocycles. The summed E-state index contributed by atoms with van der Waals surface area (Å²) in [6.45, 7) is 7.65. The van der Waals surface area contributed by atoms with Crippen molar-refractivity contribution in [1.82, 2.24) is 5.32 Å². The lowest BCUT2D eigenvalue weighted by Gasteiger charge is -2.31. The van der Waals surface area contributed by atoms with Crippen molar-refractivity contribution in [2.45, 2.75) is 65.0 Å². The number of ether oxygens (including phenoxy) is 1. The Morgan fingerprint density at radius 3 is 2.35 bits per heavy atom. The molecule has 0 saturated carbocycles. The molecule has 5 heteroatoms. The van der Waals surface area contributed by atoms with Crippen LogP contribution in [0.4, 0.5) is 0 Å². The van der Waals surface area contributed by atoms with Gasteiger partial charge in [-0.1, -0.05) is 32.0 Å². The Labute approximate surface area is 138 Å². The molecule has 0 atom stereocenters. The maximum atomic E-state index is 12.4. The first-order chi connectivity index (χ1) is 10.8. The van der Waals surface area contributed by atoms with E-state index in [0.717, 1.165) is 5.56 Å². The van der Waals surface area contributed by atoms with E-state index in [1.54, 1.807) is 0 Å². The van der Waals surface area contributed by atoms with E-state index in [-0.39, 0.29) is 24.9 Å². The highest BCUT2D eigenvalue weighted by atomic mass is 16.5. The van der Waals surface area contributed by atoms with E-state index in [4.69, 9.17) is 9.84 Å². The van der Waals surface area contributed by atoms with Crippen molar-refractivity contribution >= 4 is 11.9 Å². The van der Waals surface area contributed by atoms with Crippen molar-refractivity contribution in [2.24, 2.45) is 0 Å². The lowest BCUT2D eigenvalue weighted by molar-refractivity contribution is -0.139.